The molecule has 0 unspecified atom stereocenters. The summed E-state index contributed by atoms with van der Waals surface area (Å²) >= 11 is 0. The third kappa shape index (κ3) is 2.90. The van der Waals surface area contributed by atoms with Crippen molar-refractivity contribution in [2.45, 2.75) is 32.1 Å². The van der Waals surface area contributed by atoms with Crippen molar-refractivity contribution in [2.24, 2.45) is 0 Å². The minimum atomic E-state index is -0.267. The molecule has 2 heterocycles. The molecule has 0 amide bonds. The second-order valence-corrected chi connectivity index (χ2v) is 5.34. The van der Waals surface area contributed by atoms with Crippen LogP contribution in [0, 0.1) is 0 Å². The number of H-pyrrole nitrogens is 1. The van der Waals surface area contributed by atoms with E-state index in [1.807, 2.05) is 25.1 Å². The van der Waals surface area contributed by atoms with Crippen LogP contribution in [0.5, 0.6) is 0 Å². The van der Waals surface area contributed by atoms with Crippen molar-refractivity contribution >= 4 is 5.69 Å². The van der Waals surface area contributed by atoms with Crippen LogP contribution in [0.1, 0.15) is 24.9 Å². The van der Waals surface area contributed by atoms with Crippen LogP contribution < -0.4 is 21.8 Å². The molecule has 3 N–H and O–H groups in total. The fourth-order valence-electron chi connectivity index (χ4n) is 2.64. The highest BCUT2D eigenvalue weighted by atomic mass is 16.1. The van der Waals surface area contributed by atoms with Gasteiger partial charge in [-0.15, -0.1) is 0 Å². The van der Waals surface area contributed by atoms with Crippen LogP contribution in [-0.4, -0.2) is 15.9 Å². The number of nitrogens with one attached hydrogen (secondary N) is 3. The molecular weight excluding hydrogens is 268 g/mol. The van der Waals surface area contributed by atoms with E-state index >= 15 is 0 Å². The first kappa shape index (κ1) is 13.6. The predicted octanol–water partition coefficient (Wildman–Crippen LogP) is 1.03. The van der Waals surface area contributed by atoms with Gasteiger partial charge >= 0.3 is 0 Å². The highest BCUT2D eigenvalue weighted by molar-refractivity contribution is 5.53. The summed E-state index contributed by atoms with van der Waals surface area (Å²) in [6.07, 6.45) is 0.749. The van der Waals surface area contributed by atoms with Gasteiger partial charge in [0.1, 0.15) is 0 Å². The Balaban J connectivity index is 1.74. The fraction of sp³-hybridized carbons (Fsp3) is 0.333. The Morgan fingerprint density at radius 1 is 1.24 bits per heavy atom. The lowest BCUT2D eigenvalue weighted by Crippen LogP contribution is -2.42. The molecule has 2 aromatic rings. The smallest absolute Gasteiger partial charge is 0.265 e. The number of anilines is 1. The first-order valence-corrected chi connectivity index (χ1v) is 7.03. The molecule has 0 aliphatic carbocycles. The molecule has 0 saturated carbocycles. The third-order valence-electron chi connectivity index (χ3n) is 3.75. The Bertz CT molecular complexity index is 750. The van der Waals surface area contributed by atoms with E-state index in [1.54, 1.807) is 0 Å². The average Bonchev–Trinajstić information content (AvgIpc) is 2.49. The number of aromatic nitrogens is 2. The molecule has 1 aliphatic heterocycles. The minimum Gasteiger partial charge on any atom is -0.369 e. The van der Waals surface area contributed by atoms with Crippen LogP contribution >= 0.6 is 0 Å². The normalized spacial score (nSPS) is 18.6. The van der Waals surface area contributed by atoms with E-state index in [0.717, 1.165) is 12.2 Å². The molecule has 6 nitrogen and oxygen atoms in total. The van der Waals surface area contributed by atoms with Crippen LogP contribution in [0.25, 0.3) is 0 Å². The number of fused-ring (bicyclic) bond motifs is 1. The number of benzene rings is 1. The molecule has 3 rings (SSSR count). The van der Waals surface area contributed by atoms with E-state index in [9.17, 15) is 9.59 Å². The van der Waals surface area contributed by atoms with Gasteiger partial charge in [-0.05, 0) is 18.6 Å². The summed E-state index contributed by atoms with van der Waals surface area (Å²) in [5.41, 5.74) is 1.88. The van der Waals surface area contributed by atoms with E-state index in [4.69, 9.17) is 0 Å². The lowest BCUT2D eigenvalue weighted by molar-refractivity contribution is 0.374. The monoisotopic (exact) mass is 286 g/mol. The molecule has 110 valence electrons. The Morgan fingerprint density at radius 2 is 2.05 bits per heavy atom. The number of nitrogens with zero attached hydrogens (tertiary/aromatic N) is 1. The molecule has 1 aromatic heterocycles. The summed E-state index contributed by atoms with van der Waals surface area (Å²) in [5, 5.41) is 9.38. The van der Waals surface area contributed by atoms with E-state index in [0.29, 0.717) is 6.42 Å². The van der Waals surface area contributed by atoms with Crippen molar-refractivity contribution in [1.82, 2.24) is 15.1 Å². The minimum absolute atomic E-state index is 0.0607. The largest absolute Gasteiger partial charge is 0.369 e. The zero-order valence-corrected chi connectivity index (χ0v) is 11.8. The zero-order valence-electron chi connectivity index (χ0n) is 11.8. The summed E-state index contributed by atoms with van der Waals surface area (Å²) in [7, 11) is 0. The van der Waals surface area contributed by atoms with Gasteiger partial charge in [0.25, 0.3) is 11.1 Å². The van der Waals surface area contributed by atoms with Crippen molar-refractivity contribution < 1.29 is 0 Å². The van der Waals surface area contributed by atoms with Gasteiger partial charge in [-0.2, -0.15) is 0 Å². The Kier molecular flexibility index (Phi) is 3.62. The third-order valence-corrected chi connectivity index (χ3v) is 3.75. The molecular formula is C15H18N4O2. The molecule has 1 aliphatic rings. The molecule has 0 radical (unpaired) electrons. The van der Waals surface area contributed by atoms with Gasteiger partial charge in [0.05, 0.1) is 12.2 Å². The maximum Gasteiger partial charge on any atom is 0.265 e. The van der Waals surface area contributed by atoms with Gasteiger partial charge in [-0.1, -0.05) is 18.2 Å². The second kappa shape index (κ2) is 5.57. The lowest BCUT2D eigenvalue weighted by atomic mass is 10.1. The predicted molar refractivity (Wildman–Crippen MR) is 81.3 cm³/mol. The highest BCUT2D eigenvalue weighted by Gasteiger charge is 2.20. The number of para-hydroxylation sites is 1. The Morgan fingerprint density at radius 3 is 2.90 bits per heavy atom. The SMILES string of the molecule is C[C@H](C[C@H]1NCc2ccccc2N1)n1[nH]c(=O)ccc1=O. The molecule has 0 fully saturated rings. The number of rotatable bonds is 3. The van der Waals surface area contributed by atoms with Gasteiger partial charge in [0, 0.05) is 30.8 Å². The first-order valence-electron chi connectivity index (χ1n) is 7.03. The topological polar surface area (TPSA) is 78.9 Å². The Labute approximate surface area is 121 Å². The summed E-state index contributed by atoms with van der Waals surface area (Å²) in [6.45, 7) is 2.71. The fourth-order valence-corrected chi connectivity index (χ4v) is 2.64. The molecule has 1 aromatic carbocycles. The molecule has 0 bridgehead atoms. The standard InChI is InChI=1S/C15H18N4O2/c1-10(19-15(21)7-6-14(20)18-19)8-13-16-9-11-4-2-3-5-12(11)17-13/h2-7,10,13,16-17H,8-9H2,1H3,(H,18,20)/t10-,13+/m1/s1. The van der Waals surface area contributed by atoms with Gasteiger partial charge in [0.2, 0.25) is 0 Å². The summed E-state index contributed by atoms with van der Waals surface area (Å²) < 4.78 is 1.38. The van der Waals surface area contributed by atoms with Crippen LogP contribution in [-0.2, 0) is 6.54 Å². The quantitative estimate of drug-likeness (QED) is 0.787. The maximum absolute atomic E-state index is 11.8. The second-order valence-electron chi connectivity index (χ2n) is 5.34. The van der Waals surface area contributed by atoms with Crippen molar-refractivity contribution in [2.75, 3.05) is 5.32 Å². The summed E-state index contributed by atoms with van der Waals surface area (Å²) in [6, 6.07) is 10.6. The lowest BCUT2D eigenvalue weighted by Gasteiger charge is -2.30. The first-order chi connectivity index (χ1) is 10.1. The maximum atomic E-state index is 11.8. The number of hydrogen-bond acceptors (Lipinski definition) is 4. The van der Waals surface area contributed by atoms with Crippen LogP contribution in [0.2, 0.25) is 0 Å². The highest BCUT2D eigenvalue weighted by Crippen LogP contribution is 2.22. The van der Waals surface area contributed by atoms with E-state index < -0.39 is 0 Å². The van der Waals surface area contributed by atoms with Crippen molar-refractivity contribution in [3.8, 4) is 0 Å². The Hall–Kier alpha value is -2.34. The van der Waals surface area contributed by atoms with E-state index in [-0.39, 0.29) is 23.3 Å². The van der Waals surface area contributed by atoms with Gasteiger partial charge in [0.15, 0.2) is 0 Å². The molecule has 6 heteroatoms. The molecule has 21 heavy (non-hydrogen) atoms. The van der Waals surface area contributed by atoms with Gasteiger partial charge < -0.3 is 5.32 Å². The zero-order chi connectivity index (χ0) is 14.8. The van der Waals surface area contributed by atoms with E-state index in [2.05, 4.69) is 21.8 Å². The average molecular weight is 286 g/mol. The van der Waals surface area contributed by atoms with Gasteiger partial charge in [-0.3, -0.25) is 20.0 Å². The van der Waals surface area contributed by atoms with Crippen molar-refractivity contribution in [1.29, 1.82) is 0 Å². The number of hydrogen-bond donors (Lipinski definition) is 3. The van der Waals surface area contributed by atoms with Crippen LogP contribution in [0.3, 0.4) is 0 Å². The molecule has 0 saturated heterocycles. The van der Waals surface area contributed by atoms with Gasteiger partial charge in [-0.25, -0.2) is 4.68 Å². The summed E-state index contributed by atoms with van der Waals surface area (Å²) in [5.74, 6) is 0. The number of aromatic amines is 1. The summed E-state index contributed by atoms with van der Waals surface area (Å²) in [4.78, 5) is 23.2. The van der Waals surface area contributed by atoms with Crippen LogP contribution in [0.4, 0.5) is 5.69 Å². The van der Waals surface area contributed by atoms with E-state index in [1.165, 1.54) is 22.4 Å². The van der Waals surface area contributed by atoms with Crippen LogP contribution in [0.15, 0.2) is 46.0 Å². The van der Waals surface area contributed by atoms with Crippen molar-refractivity contribution in [3.63, 3.8) is 0 Å². The molecule has 0 spiro atoms. The van der Waals surface area contributed by atoms with Crippen molar-refractivity contribution in [3.05, 3.63) is 62.7 Å². The molecule has 2 atom stereocenters.